The normalized spacial score (nSPS) is 10.6. The summed E-state index contributed by atoms with van der Waals surface area (Å²) in [6.07, 6.45) is 2.76. The maximum atomic E-state index is 11.9. The molecule has 0 aliphatic carbocycles. The maximum absolute atomic E-state index is 11.9. The van der Waals surface area contributed by atoms with E-state index >= 15 is 0 Å². The van der Waals surface area contributed by atoms with E-state index in [-0.39, 0.29) is 5.91 Å². The van der Waals surface area contributed by atoms with Gasteiger partial charge in [-0.05, 0) is 30.9 Å². The van der Waals surface area contributed by atoms with Crippen LogP contribution in [0.4, 0.5) is 5.69 Å². The van der Waals surface area contributed by atoms with E-state index in [1.165, 1.54) is 0 Å². The fraction of sp³-hybridized carbons (Fsp3) is 0.533. The highest BCUT2D eigenvalue weighted by atomic mass is 16.1. The van der Waals surface area contributed by atoms with Crippen molar-refractivity contribution in [2.75, 3.05) is 5.32 Å². The Labute approximate surface area is 104 Å². The zero-order chi connectivity index (χ0) is 12.8. The molecular weight excluding hydrogens is 210 g/mol. The number of carbonyl (C=O) groups is 1. The lowest BCUT2D eigenvalue weighted by atomic mass is 9.99. The summed E-state index contributed by atoms with van der Waals surface area (Å²) in [7, 11) is 0. The van der Waals surface area contributed by atoms with E-state index in [4.69, 9.17) is 0 Å². The molecule has 0 aliphatic rings. The molecule has 0 aliphatic heterocycles. The average Bonchev–Trinajstić information content (AvgIpc) is 2.31. The van der Waals surface area contributed by atoms with Crippen LogP contribution >= 0.6 is 0 Å². The van der Waals surface area contributed by atoms with Gasteiger partial charge in [0.05, 0.1) is 0 Å². The number of anilines is 1. The van der Waals surface area contributed by atoms with E-state index in [9.17, 15) is 4.79 Å². The molecule has 0 fully saturated rings. The molecule has 0 saturated carbocycles. The molecule has 1 rings (SSSR count). The second-order valence-corrected chi connectivity index (χ2v) is 4.70. The second kappa shape index (κ2) is 6.43. The van der Waals surface area contributed by atoms with Crippen LogP contribution in [0.1, 0.15) is 44.2 Å². The van der Waals surface area contributed by atoms with E-state index in [2.05, 4.69) is 19.2 Å². The minimum absolute atomic E-state index is 0.135. The average molecular weight is 233 g/mol. The van der Waals surface area contributed by atoms with E-state index in [0.717, 1.165) is 29.7 Å². The smallest absolute Gasteiger partial charge is 0.224 e. The van der Waals surface area contributed by atoms with Gasteiger partial charge >= 0.3 is 0 Å². The van der Waals surface area contributed by atoms with Gasteiger partial charge in [0.15, 0.2) is 0 Å². The highest BCUT2D eigenvalue weighted by Gasteiger charge is 2.12. The molecular formula is C15H23NO. The zero-order valence-electron chi connectivity index (χ0n) is 11.3. The standard InChI is InChI=1S/C15H23NO/c1-5-13(6-2)10-14(17)16-15-11(3)8-7-9-12(15)4/h7-9,13H,5-6,10H2,1-4H3,(H,16,17). The molecule has 2 nitrogen and oxygen atoms in total. The summed E-state index contributed by atoms with van der Waals surface area (Å²) < 4.78 is 0. The molecule has 0 unspecified atom stereocenters. The monoisotopic (exact) mass is 233 g/mol. The summed E-state index contributed by atoms with van der Waals surface area (Å²) in [6, 6.07) is 6.07. The van der Waals surface area contributed by atoms with Crippen molar-refractivity contribution in [1.29, 1.82) is 0 Å². The Morgan fingerprint density at radius 1 is 1.18 bits per heavy atom. The molecule has 0 aromatic heterocycles. The molecule has 0 heterocycles. The minimum atomic E-state index is 0.135. The third-order valence-electron chi connectivity index (χ3n) is 3.37. The van der Waals surface area contributed by atoms with Gasteiger partial charge in [-0.2, -0.15) is 0 Å². The first kappa shape index (κ1) is 13.8. The van der Waals surface area contributed by atoms with E-state index in [1.807, 2.05) is 32.0 Å². The lowest BCUT2D eigenvalue weighted by molar-refractivity contribution is -0.117. The molecule has 1 aromatic rings. The summed E-state index contributed by atoms with van der Waals surface area (Å²) >= 11 is 0. The predicted molar refractivity (Wildman–Crippen MR) is 73.2 cm³/mol. The number of para-hydroxylation sites is 1. The minimum Gasteiger partial charge on any atom is -0.326 e. The van der Waals surface area contributed by atoms with Crippen molar-refractivity contribution in [3.05, 3.63) is 29.3 Å². The maximum Gasteiger partial charge on any atom is 0.224 e. The van der Waals surface area contributed by atoms with E-state index in [1.54, 1.807) is 0 Å². The number of carbonyl (C=O) groups excluding carboxylic acids is 1. The molecule has 0 spiro atoms. The molecule has 0 saturated heterocycles. The SMILES string of the molecule is CCC(CC)CC(=O)Nc1c(C)cccc1C. The molecule has 0 radical (unpaired) electrons. The van der Waals surface area contributed by atoms with Crippen LogP contribution in [0.2, 0.25) is 0 Å². The van der Waals surface area contributed by atoms with Crippen molar-refractivity contribution in [3.63, 3.8) is 0 Å². The van der Waals surface area contributed by atoms with Crippen molar-refractivity contribution < 1.29 is 4.79 Å². The Morgan fingerprint density at radius 2 is 1.71 bits per heavy atom. The molecule has 0 bridgehead atoms. The van der Waals surface area contributed by atoms with Crippen molar-refractivity contribution in [1.82, 2.24) is 0 Å². The highest BCUT2D eigenvalue weighted by molar-refractivity contribution is 5.92. The summed E-state index contributed by atoms with van der Waals surface area (Å²) in [6.45, 7) is 8.33. The van der Waals surface area contributed by atoms with Gasteiger partial charge in [0.2, 0.25) is 5.91 Å². The number of rotatable bonds is 5. The molecule has 1 aromatic carbocycles. The fourth-order valence-electron chi connectivity index (χ4n) is 2.04. The third-order valence-corrected chi connectivity index (χ3v) is 3.37. The van der Waals surface area contributed by atoms with Crippen LogP contribution in [-0.4, -0.2) is 5.91 Å². The number of benzene rings is 1. The number of hydrogen-bond donors (Lipinski definition) is 1. The van der Waals surface area contributed by atoms with Gasteiger partial charge in [-0.1, -0.05) is 44.9 Å². The summed E-state index contributed by atoms with van der Waals surface area (Å²) in [5, 5.41) is 3.04. The molecule has 17 heavy (non-hydrogen) atoms. The van der Waals surface area contributed by atoms with Crippen LogP contribution in [0.25, 0.3) is 0 Å². The zero-order valence-corrected chi connectivity index (χ0v) is 11.3. The fourth-order valence-corrected chi connectivity index (χ4v) is 2.04. The first-order valence-electron chi connectivity index (χ1n) is 6.44. The van der Waals surface area contributed by atoms with E-state index in [0.29, 0.717) is 12.3 Å². The molecule has 0 atom stereocenters. The summed E-state index contributed by atoms with van der Waals surface area (Å²) in [5.74, 6) is 0.635. The Hall–Kier alpha value is -1.31. The molecule has 2 heteroatoms. The van der Waals surface area contributed by atoms with Crippen molar-refractivity contribution in [2.24, 2.45) is 5.92 Å². The molecule has 1 N–H and O–H groups in total. The topological polar surface area (TPSA) is 29.1 Å². The van der Waals surface area contributed by atoms with Crippen LogP contribution < -0.4 is 5.32 Å². The Balaban J connectivity index is 2.68. The lowest BCUT2D eigenvalue weighted by Crippen LogP contribution is -2.17. The van der Waals surface area contributed by atoms with Crippen LogP contribution in [0.3, 0.4) is 0 Å². The largest absolute Gasteiger partial charge is 0.326 e. The van der Waals surface area contributed by atoms with Gasteiger partial charge in [0, 0.05) is 12.1 Å². The Morgan fingerprint density at radius 3 is 2.18 bits per heavy atom. The predicted octanol–water partition coefficient (Wildman–Crippen LogP) is 4.07. The van der Waals surface area contributed by atoms with Crippen LogP contribution in [0.5, 0.6) is 0 Å². The van der Waals surface area contributed by atoms with E-state index < -0.39 is 0 Å². The Bertz CT molecular complexity index is 360. The first-order chi connectivity index (χ1) is 8.08. The quantitative estimate of drug-likeness (QED) is 0.816. The molecule has 94 valence electrons. The number of aryl methyl sites for hydroxylation is 2. The molecule has 1 amide bonds. The van der Waals surface area contributed by atoms with Crippen LogP contribution in [0, 0.1) is 19.8 Å². The van der Waals surface area contributed by atoms with Crippen LogP contribution in [0.15, 0.2) is 18.2 Å². The highest BCUT2D eigenvalue weighted by Crippen LogP contribution is 2.21. The Kier molecular flexibility index (Phi) is 5.20. The van der Waals surface area contributed by atoms with Crippen molar-refractivity contribution in [2.45, 2.75) is 47.0 Å². The van der Waals surface area contributed by atoms with Gasteiger partial charge in [-0.25, -0.2) is 0 Å². The number of nitrogens with one attached hydrogen (secondary N) is 1. The van der Waals surface area contributed by atoms with Gasteiger partial charge in [0.1, 0.15) is 0 Å². The second-order valence-electron chi connectivity index (χ2n) is 4.70. The van der Waals surface area contributed by atoms with Crippen molar-refractivity contribution >= 4 is 11.6 Å². The number of hydrogen-bond acceptors (Lipinski definition) is 1. The lowest BCUT2D eigenvalue weighted by Gasteiger charge is -2.14. The van der Waals surface area contributed by atoms with Crippen molar-refractivity contribution in [3.8, 4) is 0 Å². The van der Waals surface area contributed by atoms with Gasteiger partial charge in [-0.3, -0.25) is 4.79 Å². The first-order valence-corrected chi connectivity index (χ1v) is 6.44. The summed E-state index contributed by atoms with van der Waals surface area (Å²) in [5.41, 5.74) is 3.23. The van der Waals surface area contributed by atoms with Gasteiger partial charge in [0.25, 0.3) is 0 Å². The van der Waals surface area contributed by atoms with Crippen LogP contribution in [-0.2, 0) is 4.79 Å². The van der Waals surface area contributed by atoms with Gasteiger partial charge in [-0.15, -0.1) is 0 Å². The van der Waals surface area contributed by atoms with Gasteiger partial charge < -0.3 is 5.32 Å². The third kappa shape index (κ3) is 3.88. The summed E-state index contributed by atoms with van der Waals surface area (Å²) in [4.78, 5) is 11.9. The number of amides is 1.